The Morgan fingerprint density at radius 2 is 1.35 bits per heavy atom. The number of carbonyl (C=O) groups excluding carboxylic acids is 2. The fourth-order valence-electron chi connectivity index (χ4n) is 1.32. The van der Waals surface area contributed by atoms with E-state index >= 15 is 0 Å². The summed E-state index contributed by atoms with van der Waals surface area (Å²) >= 11 is 0. The lowest BCUT2D eigenvalue weighted by molar-refractivity contribution is -0.130. The normalized spacial score (nSPS) is 13.1. The van der Waals surface area contributed by atoms with Crippen LogP contribution in [-0.2, 0) is 14.3 Å². The van der Waals surface area contributed by atoms with Gasteiger partial charge in [0.05, 0.1) is 13.2 Å². The number of rotatable bonds is 2. The van der Waals surface area contributed by atoms with E-state index in [2.05, 4.69) is 0 Å². The molecule has 1 aliphatic rings. The minimum Gasteiger partial charge on any atom is -0.378 e. The van der Waals surface area contributed by atoms with Crippen molar-refractivity contribution in [2.45, 2.75) is 41.5 Å². The number of hydrogen-bond acceptors (Lipinski definition) is 3. The Balaban J connectivity index is -0.000000296. The van der Waals surface area contributed by atoms with E-state index in [1.807, 2.05) is 41.5 Å². The van der Waals surface area contributed by atoms with Crippen LogP contribution in [0.4, 0.5) is 0 Å². The maximum Gasteiger partial charge on any atom is 0.246 e. The van der Waals surface area contributed by atoms with Crippen molar-refractivity contribution in [3.63, 3.8) is 0 Å². The highest BCUT2D eigenvalue weighted by molar-refractivity contribution is 5.87. The van der Waals surface area contributed by atoms with Crippen molar-refractivity contribution in [1.29, 1.82) is 0 Å². The maximum atomic E-state index is 11.2. The number of nitrogens with zero attached hydrogens (tertiary/aromatic N) is 2. The van der Waals surface area contributed by atoms with Crippen LogP contribution in [0, 0.1) is 0 Å². The van der Waals surface area contributed by atoms with Gasteiger partial charge in [0.1, 0.15) is 0 Å². The monoisotopic (exact) mass is 328 g/mol. The first-order valence-corrected chi connectivity index (χ1v) is 8.36. The first-order valence-electron chi connectivity index (χ1n) is 8.36. The number of amides is 2. The first-order chi connectivity index (χ1) is 11.0. The highest BCUT2D eigenvalue weighted by Gasteiger charge is 2.13. The molecule has 1 aliphatic heterocycles. The predicted octanol–water partition coefficient (Wildman–Crippen LogP) is 3.12. The van der Waals surface area contributed by atoms with Gasteiger partial charge in [-0.2, -0.15) is 0 Å². The summed E-state index contributed by atoms with van der Waals surface area (Å²) in [5, 5.41) is 0. The third-order valence-electron chi connectivity index (χ3n) is 2.38. The Morgan fingerprint density at radius 1 is 0.913 bits per heavy atom. The lowest BCUT2D eigenvalue weighted by atomic mass is 10.4. The zero-order valence-electron chi connectivity index (χ0n) is 16.3. The van der Waals surface area contributed by atoms with E-state index in [9.17, 15) is 9.59 Å². The molecule has 0 spiro atoms. The SMILES string of the molecule is C/C=C/C(=O)N(C)C.C/C=C/C(=O)N1CCOCC1.CC.CC. The maximum absolute atomic E-state index is 11.2. The molecule has 0 aliphatic carbocycles. The standard InChI is InChI=1S/C8H13NO2.C6H11NO.2C2H6/c1-2-3-8(10)9-4-6-11-7-5-9;1-4-5-6(8)7(2)3;2*1-2/h2-3H,4-7H2,1H3;4-5H,1-3H3;2*1-2H3/b3-2+;5-4+;;. The smallest absolute Gasteiger partial charge is 0.246 e. The van der Waals surface area contributed by atoms with Crippen molar-refractivity contribution < 1.29 is 14.3 Å². The van der Waals surface area contributed by atoms with Crippen LogP contribution in [0.2, 0.25) is 0 Å². The lowest BCUT2D eigenvalue weighted by Gasteiger charge is -2.25. The Bertz CT molecular complexity index is 331. The molecule has 0 radical (unpaired) electrons. The third-order valence-corrected chi connectivity index (χ3v) is 2.38. The number of carbonyl (C=O) groups is 2. The summed E-state index contributed by atoms with van der Waals surface area (Å²) in [5.74, 6) is 0.128. The summed E-state index contributed by atoms with van der Waals surface area (Å²) in [6.45, 7) is 14.5. The van der Waals surface area contributed by atoms with E-state index in [0.29, 0.717) is 13.2 Å². The van der Waals surface area contributed by atoms with Crippen LogP contribution in [0.5, 0.6) is 0 Å². The second-order valence-electron chi connectivity index (χ2n) is 4.17. The number of likely N-dealkylation sites (N-methyl/N-ethyl adjacent to an activating group) is 1. The summed E-state index contributed by atoms with van der Waals surface area (Å²) in [6, 6.07) is 0. The van der Waals surface area contributed by atoms with Crippen LogP contribution in [0.3, 0.4) is 0 Å². The fraction of sp³-hybridized carbons (Fsp3) is 0.667. The average molecular weight is 328 g/mol. The van der Waals surface area contributed by atoms with Gasteiger partial charge in [-0.15, -0.1) is 0 Å². The van der Waals surface area contributed by atoms with E-state index in [1.165, 1.54) is 11.0 Å². The Morgan fingerprint density at radius 3 is 1.65 bits per heavy atom. The average Bonchev–Trinajstić information content (AvgIpc) is 2.60. The number of hydrogen-bond donors (Lipinski definition) is 0. The van der Waals surface area contributed by atoms with Gasteiger partial charge in [0.15, 0.2) is 0 Å². The molecule has 23 heavy (non-hydrogen) atoms. The van der Waals surface area contributed by atoms with Crippen LogP contribution in [0.15, 0.2) is 24.3 Å². The van der Waals surface area contributed by atoms with Crippen molar-refractivity contribution in [2.24, 2.45) is 0 Å². The van der Waals surface area contributed by atoms with Crippen molar-refractivity contribution in [3.05, 3.63) is 24.3 Å². The van der Waals surface area contributed by atoms with E-state index in [-0.39, 0.29) is 11.8 Å². The van der Waals surface area contributed by atoms with E-state index in [0.717, 1.165) is 13.1 Å². The highest BCUT2D eigenvalue weighted by Crippen LogP contribution is 1.97. The van der Waals surface area contributed by atoms with Crippen molar-refractivity contribution in [1.82, 2.24) is 9.80 Å². The zero-order chi connectivity index (χ0) is 18.7. The molecule has 5 heteroatoms. The summed E-state index contributed by atoms with van der Waals surface area (Å²) < 4.78 is 5.11. The summed E-state index contributed by atoms with van der Waals surface area (Å²) in [5.41, 5.74) is 0. The van der Waals surface area contributed by atoms with Gasteiger partial charge in [-0.05, 0) is 26.0 Å². The third kappa shape index (κ3) is 16.6. The Labute approximate surface area is 143 Å². The molecule has 0 saturated carbocycles. The number of allylic oxidation sites excluding steroid dienone is 2. The second kappa shape index (κ2) is 20.4. The number of ether oxygens (including phenoxy) is 1. The van der Waals surface area contributed by atoms with E-state index in [4.69, 9.17) is 4.74 Å². The fourth-order valence-corrected chi connectivity index (χ4v) is 1.32. The summed E-state index contributed by atoms with van der Waals surface area (Å²) in [6.07, 6.45) is 6.60. The Kier molecular flexibility index (Phi) is 23.3. The number of morpholine rings is 1. The minimum atomic E-state index is 0.0347. The second-order valence-corrected chi connectivity index (χ2v) is 4.17. The molecule has 0 unspecified atom stereocenters. The highest BCUT2D eigenvalue weighted by atomic mass is 16.5. The van der Waals surface area contributed by atoms with Crippen LogP contribution in [-0.4, -0.2) is 62.0 Å². The van der Waals surface area contributed by atoms with E-state index < -0.39 is 0 Å². The van der Waals surface area contributed by atoms with Gasteiger partial charge >= 0.3 is 0 Å². The molecule has 0 N–H and O–H groups in total. The van der Waals surface area contributed by atoms with Crippen molar-refractivity contribution in [3.8, 4) is 0 Å². The van der Waals surface area contributed by atoms with Gasteiger partial charge in [0.2, 0.25) is 11.8 Å². The Hall–Kier alpha value is -1.62. The van der Waals surface area contributed by atoms with Crippen LogP contribution >= 0.6 is 0 Å². The minimum absolute atomic E-state index is 0.0347. The van der Waals surface area contributed by atoms with Gasteiger partial charge in [0.25, 0.3) is 0 Å². The lowest BCUT2D eigenvalue weighted by Crippen LogP contribution is -2.39. The molecule has 0 aromatic heterocycles. The van der Waals surface area contributed by atoms with Gasteiger partial charge in [0, 0.05) is 27.2 Å². The van der Waals surface area contributed by atoms with Crippen LogP contribution in [0.25, 0.3) is 0 Å². The van der Waals surface area contributed by atoms with Gasteiger partial charge < -0.3 is 14.5 Å². The molecule has 1 saturated heterocycles. The molecule has 0 aromatic rings. The predicted molar refractivity (Wildman–Crippen MR) is 98.4 cm³/mol. The van der Waals surface area contributed by atoms with Gasteiger partial charge in [-0.25, -0.2) is 0 Å². The van der Waals surface area contributed by atoms with Crippen LogP contribution < -0.4 is 0 Å². The molecule has 0 bridgehead atoms. The molecule has 136 valence electrons. The summed E-state index contributed by atoms with van der Waals surface area (Å²) in [7, 11) is 3.45. The molecule has 0 atom stereocenters. The molecule has 1 heterocycles. The molecular formula is C18H36N2O3. The molecule has 1 fully saturated rings. The largest absolute Gasteiger partial charge is 0.378 e. The van der Waals surface area contributed by atoms with Gasteiger partial charge in [-0.3, -0.25) is 9.59 Å². The molecule has 2 amide bonds. The van der Waals surface area contributed by atoms with Crippen molar-refractivity contribution >= 4 is 11.8 Å². The topological polar surface area (TPSA) is 49.9 Å². The molecule has 0 aromatic carbocycles. The molecule has 1 rings (SSSR count). The van der Waals surface area contributed by atoms with Crippen molar-refractivity contribution in [2.75, 3.05) is 40.4 Å². The molecular weight excluding hydrogens is 292 g/mol. The first kappa shape index (κ1) is 26.3. The molecule has 5 nitrogen and oxygen atoms in total. The zero-order valence-corrected chi connectivity index (χ0v) is 16.3. The van der Waals surface area contributed by atoms with Crippen LogP contribution in [0.1, 0.15) is 41.5 Å². The quantitative estimate of drug-likeness (QED) is 0.732. The summed E-state index contributed by atoms with van der Waals surface area (Å²) in [4.78, 5) is 25.1. The van der Waals surface area contributed by atoms with Gasteiger partial charge in [-0.1, -0.05) is 39.8 Å². The van der Waals surface area contributed by atoms with E-state index in [1.54, 1.807) is 37.2 Å².